The minimum atomic E-state index is -0.142. The third-order valence-electron chi connectivity index (χ3n) is 8.51. The summed E-state index contributed by atoms with van der Waals surface area (Å²) in [7, 11) is 3.33. The number of nitrogens with one attached hydrogen (secondary N) is 3. The van der Waals surface area contributed by atoms with Crippen LogP contribution in [0.5, 0.6) is 5.88 Å². The first-order valence-corrected chi connectivity index (χ1v) is 16.6. The van der Waals surface area contributed by atoms with Crippen molar-refractivity contribution >= 4 is 34.6 Å². The molecule has 0 unspecified atom stereocenters. The molecule has 1 aliphatic heterocycles. The van der Waals surface area contributed by atoms with Crippen molar-refractivity contribution in [2.24, 2.45) is 7.05 Å². The fourth-order valence-corrected chi connectivity index (χ4v) is 6.52. The SMILES string of the molecule is COc1nc(-c2cccc(-c3cccc(-c4cc5c(=O)n(C)c(CNC(C)(C)C)nn5c4)c3Cl)c2Cl)ccc1CNC[C@H]1CCC(=O)N1. The molecular weight excluding hydrogens is 649 g/mol. The van der Waals surface area contributed by atoms with Crippen LogP contribution < -0.4 is 26.2 Å². The summed E-state index contributed by atoms with van der Waals surface area (Å²) in [6.07, 6.45) is 3.23. The molecule has 5 aromatic rings. The Morgan fingerprint density at radius 2 is 1.67 bits per heavy atom. The van der Waals surface area contributed by atoms with Crippen molar-refractivity contribution in [1.82, 2.24) is 35.1 Å². The maximum Gasteiger partial charge on any atom is 0.277 e. The van der Waals surface area contributed by atoms with E-state index in [1.54, 1.807) is 23.2 Å². The van der Waals surface area contributed by atoms with Gasteiger partial charge in [-0.2, -0.15) is 5.10 Å². The molecule has 6 rings (SSSR count). The van der Waals surface area contributed by atoms with Crippen molar-refractivity contribution in [2.45, 2.75) is 58.3 Å². The van der Waals surface area contributed by atoms with Gasteiger partial charge in [0.25, 0.3) is 5.56 Å². The minimum absolute atomic E-state index is 0.0963. The average molecular weight is 689 g/mol. The molecule has 0 radical (unpaired) electrons. The topological polar surface area (TPSA) is 115 Å². The summed E-state index contributed by atoms with van der Waals surface area (Å²) < 4.78 is 8.84. The van der Waals surface area contributed by atoms with Gasteiger partial charge in [0.05, 0.1) is 29.4 Å². The van der Waals surface area contributed by atoms with Crippen molar-refractivity contribution in [1.29, 1.82) is 0 Å². The lowest BCUT2D eigenvalue weighted by Crippen LogP contribution is -2.37. The van der Waals surface area contributed by atoms with E-state index in [1.807, 2.05) is 60.8 Å². The molecule has 3 N–H and O–H groups in total. The number of methoxy groups -OCH3 is 1. The zero-order valence-electron chi connectivity index (χ0n) is 27.7. The van der Waals surface area contributed by atoms with Crippen LogP contribution >= 0.6 is 23.2 Å². The van der Waals surface area contributed by atoms with Crippen LogP contribution in [-0.4, -0.2) is 50.3 Å². The molecule has 48 heavy (non-hydrogen) atoms. The van der Waals surface area contributed by atoms with Gasteiger partial charge < -0.3 is 20.7 Å². The third kappa shape index (κ3) is 6.98. The second-order valence-corrected chi connectivity index (χ2v) is 13.8. The summed E-state index contributed by atoms with van der Waals surface area (Å²) in [6.45, 7) is 7.87. The van der Waals surface area contributed by atoms with Gasteiger partial charge in [0, 0.05) is 77.7 Å². The normalized spacial score (nSPS) is 14.9. The number of carbonyl (C=O) groups excluding carboxylic acids is 1. The highest BCUT2D eigenvalue weighted by Gasteiger charge is 2.21. The van der Waals surface area contributed by atoms with Crippen LogP contribution in [0.4, 0.5) is 0 Å². The standard InChI is InChI=1S/C36H39Cl2N7O3/c1-36(2,3)40-19-30-43-45-20-22(16-29(45)35(47)44(30)4)24-8-6-9-25(32(24)37)26-10-7-11-27(33(26)38)28-14-12-21(34(42-28)48-5)17-39-18-23-13-15-31(46)41-23/h6-12,14,16,20,23,39-40H,13,15,17-19H2,1-5H3,(H,41,46)/t23-/m1/s1. The zero-order chi connectivity index (χ0) is 34.2. The number of hydrogen-bond donors (Lipinski definition) is 3. The van der Waals surface area contributed by atoms with Gasteiger partial charge in [0.15, 0.2) is 0 Å². The predicted octanol–water partition coefficient (Wildman–Crippen LogP) is 6.00. The van der Waals surface area contributed by atoms with E-state index in [1.165, 1.54) is 0 Å². The summed E-state index contributed by atoms with van der Waals surface area (Å²) in [6, 6.07) is 17.4. The summed E-state index contributed by atoms with van der Waals surface area (Å²) >= 11 is 14.2. The van der Waals surface area contributed by atoms with Crippen LogP contribution in [0.25, 0.3) is 39.0 Å². The molecule has 1 saturated heterocycles. The smallest absolute Gasteiger partial charge is 0.277 e. The van der Waals surface area contributed by atoms with E-state index in [2.05, 4.69) is 36.7 Å². The van der Waals surface area contributed by atoms with Crippen LogP contribution in [0.15, 0.2) is 65.6 Å². The molecule has 1 amide bonds. The number of hydrogen-bond acceptors (Lipinski definition) is 7. The first kappa shape index (κ1) is 33.7. The summed E-state index contributed by atoms with van der Waals surface area (Å²) in [5.74, 6) is 1.22. The van der Waals surface area contributed by atoms with E-state index >= 15 is 0 Å². The van der Waals surface area contributed by atoms with Crippen molar-refractivity contribution in [2.75, 3.05) is 13.7 Å². The second-order valence-electron chi connectivity index (χ2n) is 13.1. The van der Waals surface area contributed by atoms with E-state index in [0.717, 1.165) is 39.8 Å². The number of amides is 1. The lowest BCUT2D eigenvalue weighted by molar-refractivity contribution is -0.119. The Morgan fingerprint density at radius 3 is 2.33 bits per heavy atom. The zero-order valence-corrected chi connectivity index (χ0v) is 29.2. The van der Waals surface area contributed by atoms with Gasteiger partial charge in [0.2, 0.25) is 11.8 Å². The van der Waals surface area contributed by atoms with Crippen LogP contribution in [0, 0.1) is 0 Å². The van der Waals surface area contributed by atoms with Crippen LogP contribution in [0.1, 0.15) is 45.0 Å². The molecule has 1 aliphatic rings. The number of carbonyl (C=O) groups is 1. The molecule has 10 nitrogen and oxygen atoms in total. The fraction of sp³-hybridized carbons (Fsp3) is 0.333. The quantitative estimate of drug-likeness (QED) is 0.165. The van der Waals surface area contributed by atoms with Crippen molar-refractivity contribution in [3.8, 4) is 39.4 Å². The van der Waals surface area contributed by atoms with E-state index in [9.17, 15) is 9.59 Å². The number of pyridine rings is 1. The van der Waals surface area contributed by atoms with Gasteiger partial charge in [0.1, 0.15) is 11.3 Å². The largest absolute Gasteiger partial charge is 0.481 e. The minimum Gasteiger partial charge on any atom is -0.481 e. The Labute approximate surface area is 289 Å². The third-order valence-corrected chi connectivity index (χ3v) is 9.32. The highest BCUT2D eigenvalue weighted by atomic mass is 35.5. The highest BCUT2D eigenvalue weighted by Crippen LogP contribution is 2.42. The lowest BCUT2D eigenvalue weighted by Gasteiger charge is -2.20. The van der Waals surface area contributed by atoms with Crippen molar-refractivity contribution in [3.63, 3.8) is 0 Å². The highest BCUT2D eigenvalue weighted by molar-refractivity contribution is 6.39. The molecule has 0 spiro atoms. The lowest BCUT2D eigenvalue weighted by atomic mass is 9.97. The van der Waals surface area contributed by atoms with E-state index < -0.39 is 0 Å². The van der Waals surface area contributed by atoms with Gasteiger partial charge in [-0.3, -0.25) is 14.2 Å². The molecule has 4 heterocycles. The average Bonchev–Trinajstić information content (AvgIpc) is 3.68. The monoisotopic (exact) mass is 687 g/mol. The molecule has 0 aliphatic carbocycles. The predicted molar refractivity (Wildman–Crippen MR) is 191 cm³/mol. The second kappa shape index (κ2) is 13.7. The Balaban J connectivity index is 1.29. The van der Waals surface area contributed by atoms with Gasteiger partial charge in [-0.15, -0.1) is 0 Å². The number of benzene rings is 2. The number of aromatic nitrogens is 4. The number of halogens is 2. The van der Waals surface area contributed by atoms with Gasteiger partial charge in [-0.25, -0.2) is 9.50 Å². The van der Waals surface area contributed by atoms with Crippen molar-refractivity contribution in [3.05, 3.63) is 92.6 Å². The molecule has 0 bridgehead atoms. The van der Waals surface area contributed by atoms with Crippen LogP contribution in [-0.2, 0) is 24.9 Å². The molecule has 0 saturated carbocycles. The molecule has 3 aromatic heterocycles. The fourth-order valence-electron chi connectivity index (χ4n) is 5.86. The molecule has 1 atom stereocenters. The number of fused-ring (bicyclic) bond motifs is 1. The summed E-state index contributed by atoms with van der Waals surface area (Å²) in [5, 5.41) is 15.5. The summed E-state index contributed by atoms with van der Waals surface area (Å²) in [5.41, 5.74) is 5.51. The number of rotatable bonds is 10. The van der Waals surface area contributed by atoms with Crippen LogP contribution in [0.2, 0.25) is 10.0 Å². The van der Waals surface area contributed by atoms with E-state index in [-0.39, 0.29) is 23.0 Å². The number of ether oxygens (including phenoxy) is 1. The Morgan fingerprint density at radius 1 is 0.979 bits per heavy atom. The molecule has 250 valence electrons. The van der Waals surface area contributed by atoms with E-state index in [0.29, 0.717) is 59.0 Å². The van der Waals surface area contributed by atoms with Gasteiger partial charge in [-0.05, 0) is 39.3 Å². The maximum atomic E-state index is 13.3. The maximum absolute atomic E-state index is 13.3. The number of nitrogens with zero attached hydrogens (tertiary/aromatic N) is 4. The Hall–Kier alpha value is -4.22. The Bertz CT molecular complexity index is 2070. The molecule has 12 heteroatoms. The van der Waals surface area contributed by atoms with Gasteiger partial charge >= 0.3 is 0 Å². The molecule has 1 fully saturated rings. The van der Waals surface area contributed by atoms with Gasteiger partial charge in [-0.1, -0.05) is 65.7 Å². The Kier molecular flexibility index (Phi) is 9.62. The van der Waals surface area contributed by atoms with Crippen LogP contribution in [0.3, 0.4) is 0 Å². The first-order valence-electron chi connectivity index (χ1n) is 15.9. The van der Waals surface area contributed by atoms with Crippen molar-refractivity contribution < 1.29 is 9.53 Å². The van der Waals surface area contributed by atoms with E-state index in [4.69, 9.17) is 38.0 Å². The molecule has 2 aromatic carbocycles. The first-order chi connectivity index (χ1) is 22.9. The molecular formula is C36H39Cl2N7O3. The summed E-state index contributed by atoms with van der Waals surface area (Å²) in [4.78, 5) is 29.6.